The van der Waals surface area contributed by atoms with Crippen LogP contribution in [0.2, 0.25) is 5.02 Å². The Bertz CT molecular complexity index is 694. The molecular weight excluding hydrogens is 345 g/mol. The van der Waals surface area contributed by atoms with E-state index in [1.807, 2.05) is 12.1 Å². The van der Waals surface area contributed by atoms with E-state index in [1.165, 1.54) is 12.8 Å². The largest absolute Gasteiger partial charge is 0.495 e. The number of ether oxygens (including phenoxy) is 1. The van der Waals surface area contributed by atoms with Crippen molar-refractivity contribution in [3.05, 3.63) is 29.5 Å². The molecular formula is C16H21ClN5OP. The van der Waals surface area contributed by atoms with Crippen LogP contribution in [0.5, 0.6) is 5.75 Å². The van der Waals surface area contributed by atoms with Crippen LogP contribution in [0.4, 0.5) is 11.6 Å². The maximum absolute atomic E-state index is 6.15. The summed E-state index contributed by atoms with van der Waals surface area (Å²) in [6.07, 6.45) is 3.98. The first kappa shape index (κ1) is 17.3. The van der Waals surface area contributed by atoms with Crippen molar-refractivity contribution in [2.24, 2.45) is 0 Å². The predicted octanol–water partition coefficient (Wildman–Crippen LogP) is 2.68. The second kappa shape index (κ2) is 8.06. The molecule has 3 rings (SSSR count). The molecule has 0 bridgehead atoms. The summed E-state index contributed by atoms with van der Waals surface area (Å²) in [5, 5.41) is 3.72. The van der Waals surface area contributed by atoms with Gasteiger partial charge in [0.25, 0.3) is 0 Å². The van der Waals surface area contributed by atoms with Crippen molar-refractivity contribution in [1.29, 1.82) is 0 Å². The van der Waals surface area contributed by atoms with Gasteiger partial charge in [0.2, 0.25) is 5.95 Å². The Morgan fingerprint density at radius 1 is 1.29 bits per heavy atom. The fraction of sp³-hybridized carbons (Fsp3) is 0.438. The lowest BCUT2D eigenvalue weighted by Crippen LogP contribution is -2.32. The molecule has 24 heavy (non-hydrogen) atoms. The van der Waals surface area contributed by atoms with Crippen molar-refractivity contribution in [3.63, 3.8) is 0 Å². The van der Waals surface area contributed by atoms with Gasteiger partial charge in [0.15, 0.2) is 5.57 Å². The number of nitrogens with zero attached hydrogens (tertiary/aromatic N) is 4. The molecule has 0 radical (unpaired) electrons. The lowest BCUT2D eigenvalue weighted by molar-refractivity contribution is 0.281. The monoisotopic (exact) mass is 365 g/mol. The number of piperidine rings is 1. The summed E-state index contributed by atoms with van der Waals surface area (Å²) in [5.41, 5.74) is 2.36. The van der Waals surface area contributed by atoms with Gasteiger partial charge in [-0.25, -0.2) is 9.97 Å². The average molecular weight is 366 g/mol. The molecule has 6 nitrogen and oxygen atoms in total. The molecule has 1 aromatic carbocycles. The van der Waals surface area contributed by atoms with E-state index in [9.17, 15) is 0 Å². The van der Waals surface area contributed by atoms with Crippen molar-refractivity contribution in [2.45, 2.75) is 18.5 Å². The molecule has 128 valence electrons. The number of aromatic nitrogens is 3. The van der Waals surface area contributed by atoms with E-state index in [-0.39, 0.29) is 0 Å². The zero-order valence-electron chi connectivity index (χ0n) is 13.8. The van der Waals surface area contributed by atoms with Gasteiger partial charge >= 0.3 is 0 Å². The summed E-state index contributed by atoms with van der Waals surface area (Å²) >= 11 is 6.15. The number of nitrogens with one attached hydrogen (secondary N) is 1. The minimum absolute atomic E-state index is 0.543. The lowest BCUT2D eigenvalue weighted by Gasteiger charge is -2.28. The Labute approximate surface area is 148 Å². The average Bonchev–Trinajstić information content (AvgIpc) is 2.58. The van der Waals surface area contributed by atoms with Crippen LogP contribution in [0.25, 0.3) is 0 Å². The van der Waals surface area contributed by atoms with Crippen LogP contribution in [0.15, 0.2) is 24.5 Å². The third-order valence-corrected chi connectivity index (χ3v) is 5.81. The Hall–Kier alpha value is -1.49. The van der Waals surface area contributed by atoms with E-state index in [2.05, 4.69) is 32.2 Å². The Morgan fingerprint density at radius 2 is 2.08 bits per heavy atom. The van der Waals surface area contributed by atoms with Crippen LogP contribution >= 0.6 is 20.2 Å². The predicted molar refractivity (Wildman–Crippen MR) is 99.6 cm³/mol. The maximum atomic E-state index is 6.15. The second-order valence-electron chi connectivity index (χ2n) is 5.83. The summed E-state index contributed by atoms with van der Waals surface area (Å²) in [7, 11) is 4.39. The zero-order valence-corrected chi connectivity index (χ0v) is 15.5. The number of hydrogen-bond donors (Lipinski definition) is 1. The highest BCUT2D eigenvalue weighted by atomic mass is 35.5. The summed E-state index contributed by atoms with van der Waals surface area (Å²) in [6.45, 7) is 2.30. The third-order valence-electron chi connectivity index (χ3n) is 4.03. The molecule has 1 fully saturated rings. The van der Waals surface area contributed by atoms with Gasteiger partial charge in [0.1, 0.15) is 12.1 Å². The topological polar surface area (TPSA) is 63.2 Å². The molecule has 1 N–H and O–H groups in total. The molecule has 1 saturated heterocycles. The molecule has 0 saturated carbocycles. The molecule has 1 unspecified atom stereocenters. The van der Waals surface area contributed by atoms with Gasteiger partial charge in [-0.2, -0.15) is 4.98 Å². The number of likely N-dealkylation sites (tertiary alicyclic amines) is 1. The van der Waals surface area contributed by atoms with Crippen LogP contribution in [0.1, 0.15) is 12.8 Å². The summed E-state index contributed by atoms with van der Waals surface area (Å²) in [5.74, 6) is 1.18. The van der Waals surface area contributed by atoms with Gasteiger partial charge in [0, 0.05) is 5.69 Å². The van der Waals surface area contributed by atoms with Gasteiger partial charge in [-0.3, -0.25) is 0 Å². The van der Waals surface area contributed by atoms with Crippen LogP contribution in [0, 0.1) is 0 Å². The molecule has 0 spiro atoms. The standard InChI is InChI=1S/C16H21ClN5OP/c1-22-7-5-12(6-8-22)24-16-19-10-18-15(21-16)20-11-3-4-14(23-2)13(17)9-11/h3-4,9-10,12,24H,5-8H2,1-2H3,(H,18,19,20,21). The molecule has 0 amide bonds. The highest BCUT2D eigenvalue weighted by Crippen LogP contribution is 2.29. The van der Waals surface area contributed by atoms with Crippen LogP contribution in [-0.4, -0.2) is 52.8 Å². The van der Waals surface area contributed by atoms with Gasteiger partial charge in [-0.15, -0.1) is 0 Å². The van der Waals surface area contributed by atoms with Gasteiger partial charge in [-0.05, 0) is 65.4 Å². The molecule has 2 aromatic rings. The summed E-state index contributed by atoms with van der Waals surface area (Å²) < 4.78 is 5.16. The SMILES string of the molecule is COc1ccc(Nc2ncnc(PC3CCN(C)CC3)n2)cc1Cl. The van der Waals surface area contributed by atoms with E-state index in [1.54, 1.807) is 19.5 Å². The highest BCUT2D eigenvalue weighted by molar-refractivity contribution is 7.47. The number of rotatable bonds is 5. The fourth-order valence-corrected chi connectivity index (χ4v) is 4.11. The minimum atomic E-state index is 0.543. The van der Waals surface area contributed by atoms with Crippen molar-refractivity contribution in [1.82, 2.24) is 19.9 Å². The van der Waals surface area contributed by atoms with E-state index in [4.69, 9.17) is 16.3 Å². The first-order valence-electron chi connectivity index (χ1n) is 7.89. The number of anilines is 2. The number of hydrogen-bond acceptors (Lipinski definition) is 6. The van der Waals surface area contributed by atoms with Crippen LogP contribution in [-0.2, 0) is 0 Å². The van der Waals surface area contributed by atoms with Gasteiger partial charge in [0.05, 0.1) is 12.1 Å². The molecule has 8 heteroatoms. The molecule has 2 heterocycles. The van der Waals surface area contributed by atoms with E-state index in [0.29, 0.717) is 31.0 Å². The summed E-state index contributed by atoms with van der Waals surface area (Å²) in [4.78, 5) is 15.4. The molecule has 1 aromatic heterocycles. The Balaban J connectivity index is 1.65. The number of halogens is 1. The van der Waals surface area contributed by atoms with Gasteiger partial charge in [-0.1, -0.05) is 11.6 Å². The van der Waals surface area contributed by atoms with E-state index < -0.39 is 0 Å². The van der Waals surface area contributed by atoms with Crippen molar-refractivity contribution < 1.29 is 4.74 Å². The summed E-state index contributed by atoms with van der Waals surface area (Å²) in [6, 6.07) is 5.49. The number of benzene rings is 1. The van der Waals surface area contributed by atoms with Crippen molar-refractivity contribution in [3.8, 4) is 5.75 Å². The molecule has 1 aliphatic heterocycles. The minimum Gasteiger partial charge on any atom is -0.495 e. The van der Waals surface area contributed by atoms with Crippen molar-refractivity contribution >= 4 is 37.4 Å². The zero-order chi connectivity index (χ0) is 16.9. The normalized spacial score (nSPS) is 16.6. The lowest BCUT2D eigenvalue weighted by atomic mass is 10.1. The number of methoxy groups -OCH3 is 1. The Kier molecular flexibility index (Phi) is 5.82. The third kappa shape index (κ3) is 4.53. The highest BCUT2D eigenvalue weighted by Gasteiger charge is 2.18. The van der Waals surface area contributed by atoms with Gasteiger partial charge < -0.3 is 15.0 Å². The van der Waals surface area contributed by atoms with Crippen molar-refractivity contribution in [2.75, 3.05) is 32.6 Å². The maximum Gasteiger partial charge on any atom is 0.230 e. The molecule has 1 aliphatic rings. The first-order chi connectivity index (χ1) is 11.6. The smallest absolute Gasteiger partial charge is 0.230 e. The van der Waals surface area contributed by atoms with E-state index in [0.717, 1.165) is 24.3 Å². The molecule has 1 atom stereocenters. The second-order valence-corrected chi connectivity index (χ2v) is 7.79. The van der Waals surface area contributed by atoms with Crippen LogP contribution < -0.4 is 15.6 Å². The molecule has 0 aliphatic carbocycles. The van der Waals surface area contributed by atoms with E-state index >= 15 is 0 Å². The quantitative estimate of drug-likeness (QED) is 0.822. The fourth-order valence-electron chi connectivity index (χ4n) is 2.63. The Morgan fingerprint density at radius 3 is 2.79 bits per heavy atom. The van der Waals surface area contributed by atoms with Crippen LogP contribution in [0.3, 0.4) is 0 Å². The first-order valence-corrected chi connectivity index (χ1v) is 9.34.